The van der Waals surface area contributed by atoms with E-state index in [-0.39, 0.29) is 5.91 Å². The largest absolute Gasteiger partial charge is 0.465 e. The van der Waals surface area contributed by atoms with E-state index in [0.29, 0.717) is 22.8 Å². The van der Waals surface area contributed by atoms with Gasteiger partial charge < -0.3 is 9.73 Å². The molecular weight excluding hydrogens is 330 g/mol. The standard InChI is InChI=1S/C16H17N3O4S/c1-11-9-14-15(19(3)24(21,22)18(14)2)10-13(11)17-16(20)7-6-12-5-4-8-23-12/h4-10H,1-3H3,(H,17,20)/b7-6+. The average Bonchev–Trinajstić information content (AvgIpc) is 3.10. The Labute approximate surface area is 140 Å². The summed E-state index contributed by atoms with van der Waals surface area (Å²) in [7, 11) is -0.554. The third kappa shape index (κ3) is 2.65. The van der Waals surface area contributed by atoms with Gasteiger partial charge in [0.05, 0.1) is 17.6 Å². The molecule has 1 aromatic carbocycles. The first kappa shape index (κ1) is 16.1. The van der Waals surface area contributed by atoms with Crippen LogP contribution in [-0.2, 0) is 15.0 Å². The Morgan fingerprint density at radius 1 is 1.21 bits per heavy atom. The molecule has 0 bridgehead atoms. The maximum atomic E-state index is 12.2. The van der Waals surface area contributed by atoms with Crippen molar-refractivity contribution in [1.82, 2.24) is 0 Å². The molecule has 0 aliphatic carbocycles. The zero-order valence-corrected chi connectivity index (χ0v) is 14.3. The Morgan fingerprint density at radius 2 is 1.88 bits per heavy atom. The molecule has 8 heteroatoms. The van der Waals surface area contributed by atoms with Crippen molar-refractivity contribution >= 4 is 39.3 Å². The smallest absolute Gasteiger partial charge is 0.326 e. The second-order valence-corrected chi connectivity index (χ2v) is 7.43. The van der Waals surface area contributed by atoms with E-state index in [2.05, 4.69) is 5.32 Å². The van der Waals surface area contributed by atoms with Crippen LogP contribution in [0.25, 0.3) is 6.08 Å². The highest BCUT2D eigenvalue weighted by molar-refractivity contribution is 7.94. The number of nitrogens with one attached hydrogen (secondary N) is 1. The van der Waals surface area contributed by atoms with Gasteiger partial charge in [-0.2, -0.15) is 8.42 Å². The first-order valence-corrected chi connectivity index (χ1v) is 8.60. The van der Waals surface area contributed by atoms with Gasteiger partial charge in [0, 0.05) is 25.9 Å². The Morgan fingerprint density at radius 3 is 2.50 bits per heavy atom. The van der Waals surface area contributed by atoms with E-state index in [1.807, 2.05) is 6.92 Å². The second kappa shape index (κ2) is 5.72. The molecule has 0 fully saturated rings. The van der Waals surface area contributed by atoms with Crippen molar-refractivity contribution in [1.29, 1.82) is 0 Å². The Balaban J connectivity index is 1.86. The number of benzene rings is 1. The molecule has 126 valence electrons. The molecule has 0 saturated carbocycles. The number of hydrogen-bond acceptors (Lipinski definition) is 4. The molecule has 0 spiro atoms. The highest BCUT2D eigenvalue weighted by Crippen LogP contribution is 2.41. The van der Waals surface area contributed by atoms with Gasteiger partial charge in [-0.25, -0.2) is 0 Å². The molecule has 0 unspecified atom stereocenters. The van der Waals surface area contributed by atoms with Gasteiger partial charge in [-0.3, -0.25) is 13.4 Å². The molecule has 7 nitrogen and oxygen atoms in total. The minimum absolute atomic E-state index is 0.327. The molecule has 0 atom stereocenters. The molecule has 0 saturated heterocycles. The third-order valence-electron chi connectivity index (χ3n) is 3.89. The van der Waals surface area contributed by atoms with Gasteiger partial charge in [0.25, 0.3) is 0 Å². The SMILES string of the molecule is Cc1cc2c(cc1NC(=O)/C=C/c1ccco1)N(C)S(=O)(=O)N2C. The quantitative estimate of drug-likeness (QED) is 0.864. The molecular formula is C16H17N3O4S. The normalized spacial score (nSPS) is 15.8. The monoisotopic (exact) mass is 347 g/mol. The molecule has 2 aromatic rings. The summed E-state index contributed by atoms with van der Waals surface area (Å²) in [5, 5.41) is 2.76. The van der Waals surface area contributed by atoms with Crippen molar-refractivity contribution in [2.75, 3.05) is 28.0 Å². The molecule has 2 heterocycles. The summed E-state index contributed by atoms with van der Waals surface area (Å²) in [4.78, 5) is 12.1. The summed E-state index contributed by atoms with van der Waals surface area (Å²) in [6.45, 7) is 1.81. The molecule has 1 aromatic heterocycles. The Hall–Kier alpha value is -2.74. The van der Waals surface area contributed by atoms with E-state index in [4.69, 9.17) is 4.42 Å². The van der Waals surface area contributed by atoms with Crippen LogP contribution < -0.4 is 13.9 Å². The van der Waals surface area contributed by atoms with Gasteiger partial charge >= 0.3 is 10.2 Å². The lowest BCUT2D eigenvalue weighted by Gasteiger charge is -2.13. The maximum absolute atomic E-state index is 12.2. The third-order valence-corrected chi connectivity index (χ3v) is 5.67. The summed E-state index contributed by atoms with van der Waals surface area (Å²) >= 11 is 0. The van der Waals surface area contributed by atoms with Gasteiger partial charge in [-0.15, -0.1) is 0 Å². The highest BCUT2D eigenvalue weighted by Gasteiger charge is 2.35. The predicted molar refractivity (Wildman–Crippen MR) is 93.3 cm³/mol. The van der Waals surface area contributed by atoms with Crippen LogP contribution in [-0.4, -0.2) is 28.4 Å². The number of anilines is 3. The number of nitrogens with zero attached hydrogens (tertiary/aromatic N) is 2. The molecule has 1 amide bonds. The number of furan rings is 1. The maximum Gasteiger partial charge on any atom is 0.326 e. The van der Waals surface area contributed by atoms with Crippen LogP contribution in [0.5, 0.6) is 0 Å². The molecule has 3 rings (SSSR count). The average molecular weight is 347 g/mol. The van der Waals surface area contributed by atoms with Crippen LogP contribution in [0.2, 0.25) is 0 Å². The molecule has 0 radical (unpaired) electrons. The van der Waals surface area contributed by atoms with E-state index in [9.17, 15) is 13.2 Å². The number of aryl methyl sites for hydroxylation is 1. The van der Waals surface area contributed by atoms with Gasteiger partial charge in [0.2, 0.25) is 5.91 Å². The summed E-state index contributed by atoms with van der Waals surface area (Å²) in [6.07, 6.45) is 4.44. The second-order valence-electron chi connectivity index (χ2n) is 5.44. The number of carbonyl (C=O) groups is 1. The lowest BCUT2D eigenvalue weighted by molar-refractivity contribution is -0.111. The van der Waals surface area contributed by atoms with E-state index >= 15 is 0 Å². The van der Waals surface area contributed by atoms with E-state index in [1.165, 1.54) is 35.0 Å². The summed E-state index contributed by atoms with van der Waals surface area (Å²) in [5.74, 6) is 0.245. The first-order chi connectivity index (χ1) is 11.3. The van der Waals surface area contributed by atoms with Crippen LogP contribution in [0.3, 0.4) is 0 Å². The van der Waals surface area contributed by atoms with Crippen molar-refractivity contribution in [3.05, 3.63) is 47.9 Å². The van der Waals surface area contributed by atoms with Gasteiger partial charge in [0.1, 0.15) is 5.76 Å². The molecule has 24 heavy (non-hydrogen) atoms. The number of fused-ring (bicyclic) bond motifs is 1. The van der Waals surface area contributed by atoms with E-state index < -0.39 is 10.2 Å². The lowest BCUT2D eigenvalue weighted by atomic mass is 10.1. The van der Waals surface area contributed by atoms with Gasteiger partial charge in [0.15, 0.2) is 0 Å². The predicted octanol–water partition coefficient (Wildman–Crippen LogP) is 2.37. The van der Waals surface area contributed by atoms with E-state index in [0.717, 1.165) is 5.56 Å². The minimum Gasteiger partial charge on any atom is -0.465 e. The summed E-state index contributed by atoms with van der Waals surface area (Å²) < 4.78 is 31.9. The van der Waals surface area contributed by atoms with Crippen molar-refractivity contribution in [3.63, 3.8) is 0 Å². The van der Waals surface area contributed by atoms with Crippen molar-refractivity contribution in [3.8, 4) is 0 Å². The number of rotatable bonds is 3. The molecule has 1 N–H and O–H groups in total. The zero-order valence-electron chi connectivity index (χ0n) is 13.5. The van der Waals surface area contributed by atoms with Crippen molar-refractivity contribution in [2.24, 2.45) is 0 Å². The number of hydrogen-bond donors (Lipinski definition) is 1. The minimum atomic E-state index is -3.54. The van der Waals surface area contributed by atoms with Gasteiger partial charge in [-0.1, -0.05) is 0 Å². The molecule has 1 aliphatic heterocycles. The summed E-state index contributed by atoms with van der Waals surface area (Å²) in [6, 6.07) is 6.86. The summed E-state index contributed by atoms with van der Waals surface area (Å²) in [5.41, 5.74) is 2.43. The van der Waals surface area contributed by atoms with Crippen molar-refractivity contribution in [2.45, 2.75) is 6.92 Å². The number of amides is 1. The fraction of sp³-hybridized carbons (Fsp3) is 0.188. The van der Waals surface area contributed by atoms with Gasteiger partial charge in [-0.05, 0) is 42.8 Å². The Bertz CT molecular complexity index is 917. The Kier molecular flexibility index (Phi) is 3.84. The van der Waals surface area contributed by atoms with E-state index in [1.54, 1.807) is 30.3 Å². The molecule has 1 aliphatic rings. The first-order valence-electron chi connectivity index (χ1n) is 7.20. The van der Waals surface area contributed by atoms with Crippen LogP contribution in [0.4, 0.5) is 17.1 Å². The van der Waals surface area contributed by atoms with Crippen LogP contribution >= 0.6 is 0 Å². The fourth-order valence-electron chi connectivity index (χ4n) is 2.47. The van der Waals surface area contributed by atoms with Crippen LogP contribution in [0.1, 0.15) is 11.3 Å². The van der Waals surface area contributed by atoms with Crippen LogP contribution in [0, 0.1) is 6.92 Å². The zero-order chi connectivity index (χ0) is 17.5. The van der Waals surface area contributed by atoms with Crippen molar-refractivity contribution < 1.29 is 17.6 Å². The fourth-order valence-corrected chi connectivity index (χ4v) is 3.63. The topological polar surface area (TPSA) is 82.9 Å². The lowest BCUT2D eigenvalue weighted by Crippen LogP contribution is -2.32. The highest BCUT2D eigenvalue weighted by atomic mass is 32.2. The van der Waals surface area contributed by atoms with Crippen LogP contribution in [0.15, 0.2) is 41.0 Å². The number of carbonyl (C=O) groups excluding carboxylic acids is 1.